The summed E-state index contributed by atoms with van der Waals surface area (Å²) in [5, 5.41) is 3.09. The molecule has 0 heterocycles. The number of carbonyl (C=O) groups is 2. The van der Waals surface area contributed by atoms with Crippen LogP contribution in [0.1, 0.15) is 139 Å². The van der Waals surface area contributed by atoms with Crippen LogP contribution >= 0.6 is 47.2 Å². The predicted molar refractivity (Wildman–Crippen MR) is 188 cm³/mol. The minimum Gasteiger partial charge on any atom is -0.341 e. The molecule has 0 aliphatic rings. The molecule has 0 fully saturated rings. The van der Waals surface area contributed by atoms with Gasteiger partial charge in [-0.1, -0.05) is 120 Å². The second-order valence-corrected chi connectivity index (χ2v) is 12.3. The molecule has 0 radical (unpaired) electrons. The zero-order valence-electron chi connectivity index (χ0n) is 28.1. The molecule has 4 nitrogen and oxygen atoms in total. The number of alkyl halides is 2. The highest BCUT2D eigenvalue weighted by Crippen LogP contribution is 2.19. The Kier molecular flexibility index (Phi) is 42.8. The SMILES string of the molecule is CCCCC(CC)CN(CC(CC)CCCC)C(=O)CCl.CCCCC(CC)CNCC(C)CC.Cl.O=C(Cl)CCl. The summed E-state index contributed by atoms with van der Waals surface area (Å²) in [6.07, 6.45) is 16.5. The van der Waals surface area contributed by atoms with E-state index in [1.54, 1.807) is 0 Å². The van der Waals surface area contributed by atoms with Crippen LogP contribution in [0.25, 0.3) is 0 Å². The molecule has 0 aliphatic carbocycles. The van der Waals surface area contributed by atoms with Crippen LogP contribution in [0.5, 0.6) is 0 Å². The fourth-order valence-corrected chi connectivity index (χ4v) is 4.61. The second kappa shape index (κ2) is 36.5. The van der Waals surface area contributed by atoms with Crippen molar-refractivity contribution in [1.82, 2.24) is 10.2 Å². The third-order valence-electron chi connectivity index (χ3n) is 7.78. The normalized spacial score (nSPS) is 13.3. The highest BCUT2D eigenvalue weighted by Gasteiger charge is 2.20. The van der Waals surface area contributed by atoms with Gasteiger partial charge in [0.05, 0.1) is 5.88 Å². The molecule has 1 amide bonds. The Bertz CT molecular complexity index is 537. The monoisotopic (exact) mass is 664 g/mol. The number of rotatable bonds is 23. The van der Waals surface area contributed by atoms with Crippen LogP contribution in [0.4, 0.5) is 0 Å². The van der Waals surface area contributed by atoms with Crippen LogP contribution in [-0.2, 0) is 9.59 Å². The first-order valence-corrected chi connectivity index (χ1v) is 17.9. The van der Waals surface area contributed by atoms with Crippen LogP contribution < -0.4 is 5.32 Å². The topological polar surface area (TPSA) is 49.4 Å². The van der Waals surface area contributed by atoms with E-state index in [0.717, 1.165) is 37.8 Å². The Morgan fingerprint density at radius 3 is 1.34 bits per heavy atom. The van der Waals surface area contributed by atoms with E-state index in [1.807, 2.05) is 4.90 Å². The van der Waals surface area contributed by atoms with Gasteiger partial charge in [-0.05, 0) is 67.6 Å². The summed E-state index contributed by atoms with van der Waals surface area (Å²) in [5.41, 5.74) is 0. The van der Waals surface area contributed by atoms with Gasteiger partial charge < -0.3 is 10.2 Å². The summed E-state index contributed by atoms with van der Waals surface area (Å²) in [7, 11) is 0. The van der Waals surface area contributed by atoms with Crippen molar-refractivity contribution in [3.05, 3.63) is 0 Å². The van der Waals surface area contributed by atoms with Gasteiger partial charge in [-0.2, -0.15) is 0 Å². The van der Waals surface area contributed by atoms with Crippen molar-refractivity contribution < 1.29 is 9.59 Å². The molecule has 41 heavy (non-hydrogen) atoms. The zero-order chi connectivity index (χ0) is 31.2. The maximum absolute atomic E-state index is 12.2. The maximum atomic E-state index is 12.2. The van der Waals surface area contributed by atoms with E-state index in [4.69, 9.17) is 34.8 Å². The Labute approximate surface area is 277 Å². The minimum atomic E-state index is -0.508. The fourth-order valence-electron chi connectivity index (χ4n) is 4.44. The van der Waals surface area contributed by atoms with E-state index in [0.29, 0.717) is 11.8 Å². The average Bonchev–Trinajstić information content (AvgIpc) is 2.97. The summed E-state index contributed by atoms with van der Waals surface area (Å²) in [6, 6.07) is 0. The van der Waals surface area contributed by atoms with E-state index in [2.05, 4.69) is 60.7 Å². The molecule has 0 aromatic carbocycles. The van der Waals surface area contributed by atoms with Gasteiger partial charge in [0.25, 0.3) is 0 Å². The van der Waals surface area contributed by atoms with Gasteiger partial charge in [0, 0.05) is 13.1 Å². The predicted octanol–water partition coefficient (Wildman–Crippen LogP) is 10.7. The molecule has 0 aromatic heterocycles. The lowest BCUT2D eigenvalue weighted by atomic mass is 9.95. The average molecular weight is 667 g/mol. The lowest BCUT2D eigenvalue weighted by molar-refractivity contribution is -0.130. The Morgan fingerprint density at radius 1 is 0.659 bits per heavy atom. The highest BCUT2D eigenvalue weighted by atomic mass is 35.5. The molecular weight excluding hydrogens is 598 g/mol. The first-order valence-electron chi connectivity index (χ1n) is 16.4. The second-order valence-electron chi connectivity index (χ2n) is 11.3. The number of nitrogens with zero attached hydrogens (tertiary/aromatic N) is 1. The molecule has 0 aromatic rings. The first kappa shape index (κ1) is 48.2. The lowest BCUT2D eigenvalue weighted by Gasteiger charge is -2.30. The molecule has 0 saturated carbocycles. The fraction of sp³-hybridized carbons (Fsp3) is 0.939. The van der Waals surface area contributed by atoms with Crippen LogP contribution in [-0.4, -0.2) is 54.0 Å². The molecule has 4 atom stereocenters. The molecule has 0 aliphatic heterocycles. The molecule has 0 spiro atoms. The van der Waals surface area contributed by atoms with Gasteiger partial charge in [0.1, 0.15) is 5.88 Å². The number of amides is 1. The quantitative estimate of drug-likeness (QED) is 0.0872. The smallest absolute Gasteiger partial charge is 0.237 e. The van der Waals surface area contributed by atoms with E-state index >= 15 is 0 Å². The Hall–Kier alpha value is 0.260. The highest BCUT2D eigenvalue weighted by molar-refractivity contribution is 6.67. The number of carbonyl (C=O) groups excluding carboxylic acids is 2. The van der Waals surface area contributed by atoms with Crippen molar-refractivity contribution in [2.45, 2.75) is 139 Å². The largest absolute Gasteiger partial charge is 0.341 e. The number of nitrogens with one attached hydrogen (secondary N) is 1. The van der Waals surface area contributed by atoms with Gasteiger partial charge in [-0.15, -0.1) is 35.6 Å². The standard InChI is InChI=1S/C18H36ClNO.C13H29N.C2H2Cl2O.ClH/c1-5-9-11-16(7-3)14-20(18(21)13-19)15-17(8-4)12-10-6-2;1-5-8-9-13(7-3)11-14-10-12(4)6-2;3-1-2(4)5;/h16-17H,5-15H2,1-4H3;12-14H,5-11H2,1-4H3;1H2;1H. The summed E-state index contributed by atoms with van der Waals surface area (Å²) in [6.45, 7) is 22.3. The Balaban J connectivity index is -0.000000295. The van der Waals surface area contributed by atoms with Crippen LogP contribution in [0.3, 0.4) is 0 Å². The zero-order valence-corrected chi connectivity index (χ0v) is 31.1. The van der Waals surface area contributed by atoms with Crippen molar-refractivity contribution in [3.8, 4) is 0 Å². The molecule has 1 N–H and O–H groups in total. The number of hydrogen-bond donors (Lipinski definition) is 1. The molecule has 250 valence electrons. The molecule has 0 rings (SSSR count). The summed E-state index contributed by atoms with van der Waals surface area (Å²) >= 11 is 15.4. The number of hydrogen-bond acceptors (Lipinski definition) is 3. The maximum Gasteiger partial charge on any atom is 0.237 e. The lowest BCUT2D eigenvalue weighted by Crippen LogP contribution is -2.39. The van der Waals surface area contributed by atoms with Gasteiger partial charge >= 0.3 is 0 Å². The van der Waals surface area contributed by atoms with Gasteiger partial charge in [-0.25, -0.2) is 0 Å². The van der Waals surface area contributed by atoms with Crippen molar-refractivity contribution in [1.29, 1.82) is 0 Å². The molecular formula is C33H68Cl4N2O2. The molecule has 0 saturated heterocycles. The number of unbranched alkanes of at least 4 members (excludes halogenated alkanes) is 3. The van der Waals surface area contributed by atoms with E-state index in [1.165, 1.54) is 83.7 Å². The van der Waals surface area contributed by atoms with Crippen molar-refractivity contribution in [2.75, 3.05) is 37.9 Å². The van der Waals surface area contributed by atoms with Gasteiger partial charge in [0.15, 0.2) is 0 Å². The first-order chi connectivity index (χ1) is 19.1. The van der Waals surface area contributed by atoms with E-state index in [-0.39, 0.29) is 30.1 Å². The molecule has 0 bridgehead atoms. The molecule has 4 unspecified atom stereocenters. The summed E-state index contributed by atoms with van der Waals surface area (Å²) < 4.78 is 0. The van der Waals surface area contributed by atoms with E-state index in [9.17, 15) is 9.59 Å². The van der Waals surface area contributed by atoms with Gasteiger partial charge in [-0.3, -0.25) is 9.59 Å². The molecule has 8 heteroatoms. The van der Waals surface area contributed by atoms with E-state index < -0.39 is 5.24 Å². The Morgan fingerprint density at radius 2 is 1.05 bits per heavy atom. The van der Waals surface area contributed by atoms with Crippen molar-refractivity contribution in [2.24, 2.45) is 23.7 Å². The van der Waals surface area contributed by atoms with Gasteiger partial charge in [0.2, 0.25) is 11.1 Å². The van der Waals surface area contributed by atoms with Crippen molar-refractivity contribution >= 4 is 58.4 Å². The third kappa shape index (κ3) is 33.0. The number of halogens is 4. The van der Waals surface area contributed by atoms with Crippen molar-refractivity contribution in [3.63, 3.8) is 0 Å². The van der Waals surface area contributed by atoms with Crippen LogP contribution in [0, 0.1) is 23.7 Å². The third-order valence-corrected chi connectivity index (χ3v) is 8.52. The minimum absolute atomic E-state index is 0. The van der Waals surface area contributed by atoms with Crippen LogP contribution in [0.15, 0.2) is 0 Å². The van der Waals surface area contributed by atoms with Crippen LogP contribution in [0.2, 0.25) is 0 Å². The summed E-state index contributed by atoms with van der Waals surface area (Å²) in [5.74, 6) is 3.12. The summed E-state index contributed by atoms with van der Waals surface area (Å²) in [4.78, 5) is 23.6.